The number of guanidine groups is 1. The van der Waals surface area contributed by atoms with Gasteiger partial charge < -0.3 is 15.1 Å². The molecule has 0 radical (unpaired) electrons. The number of halogens is 1. The van der Waals surface area contributed by atoms with Gasteiger partial charge in [0.25, 0.3) is 0 Å². The van der Waals surface area contributed by atoms with Crippen LogP contribution in [0, 0.1) is 17.8 Å². The molecule has 29 heavy (non-hydrogen) atoms. The number of hydrogen-bond donors (Lipinski definition) is 1. The lowest BCUT2D eigenvalue weighted by molar-refractivity contribution is -0.139. The van der Waals surface area contributed by atoms with Gasteiger partial charge in [0.1, 0.15) is 0 Å². The first-order chi connectivity index (χ1) is 13.6. The predicted molar refractivity (Wildman–Crippen MR) is 131 cm³/mol. The fourth-order valence-electron chi connectivity index (χ4n) is 4.80. The van der Waals surface area contributed by atoms with Gasteiger partial charge in [0.05, 0.1) is 0 Å². The number of carbonyl (C=O) groups excluding carboxylic acids is 1. The van der Waals surface area contributed by atoms with E-state index in [4.69, 9.17) is 0 Å². The molecule has 168 valence electrons. The van der Waals surface area contributed by atoms with Crippen LogP contribution in [0.5, 0.6) is 0 Å². The summed E-state index contributed by atoms with van der Waals surface area (Å²) in [6.45, 7) is 9.18. The van der Waals surface area contributed by atoms with Crippen molar-refractivity contribution in [3.05, 3.63) is 0 Å². The molecular weight excluding hydrogens is 477 g/mol. The van der Waals surface area contributed by atoms with E-state index in [0.29, 0.717) is 11.8 Å². The SMILES string of the molecule is CN=C(NCCN1CCN(C(=O)C2CCC2)CC1)N(C)CC1CCC(C)CC1.I. The van der Waals surface area contributed by atoms with Gasteiger partial charge in [-0.3, -0.25) is 14.7 Å². The largest absolute Gasteiger partial charge is 0.355 e. The summed E-state index contributed by atoms with van der Waals surface area (Å²) in [6.07, 6.45) is 8.90. The fraction of sp³-hybridized carbons (Fsp3) is 0.909. The van der Waals surface area contributed by atoms with Crippen LogP contribution in [-0.4, -0.2) is 86.5 Å². The summed E-state index contributed by atoms with van der Waals surface area (Å²) >= 11 is 0. The second kappa shape index (κ2) is 12.3. The van der Waals surface area contributed by atoms with Crippen LogP contribution < -0.4 is 5.32 Å². The number of carbonyl (C=O) groups is 1. The maximum absolute atomic E-state index is 12.4. The van der Waals surface area contributed by atoms with Gasteiger partial charge in [-0.2, -0.15) is 0 Å². The van der Waals surface area contributed by atoms with Crippen molar-refractivity contribution in [2.75, 3.05) is 59.9 Å². The number of aliphatic imine (C=N–C) groups is 1. The number of piperazine rings is 1. The molecule has 7 heteroatoms. The van der Waals surface area contributed by atoms with Crippen LogP contribution >= 0.6 is 24.0 Å². The highest BCUT2D eigenvalue weighted by Crippen LogP contribution is 2.29. The maximum Gasteiger partial charge on any atom is 0.225 e. The summed E-state index contributed by atoms with van der Waals surface area (Å²) in [5, 5.41) is 3.54. The van der Waals surface area contributed by atoms with Crippen molar-refractivity contribution in [3.63, 3.8) is 0 Å². The number of nitrogens with one attached hydrogen (secondary N) is 1. The highest BCUT2D eigenvalue weighted by Gasteiger charge is 2.31. The molecule has 0 bridgehead atoms. The topological polar surface area (TPSA) is 51.2 Å². The Morgan fingerprint density at radius 2 is 1.72 bits per heavy atom. The normalized spacial score (nSPS) is 26.4. The van der Waals surface area contributed by atoms with Gasteiger partial charge in [-0.25, -0.2) is 0 Å². The molecule has 2 saturated carbocycles. The average molecular weight is 520 g/mol. The monoisotopic (exact) mass is 519 g/mol. The second-order valence-corrected chi connectivity index (χ2v) is 9.28. The molecule has 3 aliphatic rings. The molecule has 0 aromatic rings. The summed E-state index contributed by atoms with van der Waals surface area (Å²) in [5.41, 5.74) is 0. The standard InChI is InChI=1S/C22H41N5O.HI/c1-18-7-9-19(10-8-18)17-25(3)22(23-2)24-11-12-26-13-15-27(16-14-26)21(28)20-5-4-6-20;/h18-20H,4-17H2,1-3H3,(H,23,24);1H. The summed E-state index contributed by atoms with van der Waals surface area (Å²) in [7, 11) is 4.05. The van der Waals surface area contributed by atoms with E-state index >= 15 is 0 Å². The zero-order valence-electron chi connectivity index (χ0n) is 18.7. The van der Waals surface area contributed by atoms with E-state index in [1.165, 1.54) is 32.1 Å². The average Bonchev–Trinajstić information content (AvgIpc) is 2.66. The first-order valence-corrected chi connectivity index (χ1v) is 11.5. The van der Waals surface area contributed by atoms with E-state index in [0.717, 1.165) is 76.5 Å². The molecule has 0 aromatic heterocycles. The van der Waals surface area contributed by atoms with Crippen LogP contribution in [0.25, 0.3) is 0 Å². The Morgan fingerprint density at radius 3 is 2.28 bits per heavy atom. The molecule has 1 heterocycles. The van der Waals surface area contributed by atoms with Gasteiger partial charge >= 0.3 is 0 Å². The number of amides is 1. The minimum absolute atomic E-state index is 0. The summed E-state index contributed by atoms with van der Waals surface area (Å²) in [5.74, 6) is 3.46. The van der Waals surface area contributed by atoms with Gasteiger partial charge in [-0.05, 0) is 37.5 Å². The van der Waals surface area contributed by atoms with Gasteiger partial charge in [-0.15, -0.1) is 24.0 Å². The summed E-state index contributed by atoms with van der Waals surface area (Å²) in [4.78, 5) is 23.7. The third-order valence-electron chi connectivity index (χ3n) is 7.09. The van der Waals surface area contributed by atoms with Gasteiger partial charge in [0, 0.05) is 65.8 Å². The molecule has 6 nitrogen and oxygen atoms in total. The first kappa shape index (κ1) is 24.7. The minimum Gasteiger partial charge on any atom is -0.355 e. The van der Waals surface area contributed by atoms with Gasteiger partial charge in [0.2, 0.25) is 5.91 Å². The van der Waals surface area contributed by atoms with Crippen molar-refractivity contribution < 1.29 is 4.79 Å². The lowest BCUT2D eigenvalue weighted by Gasteiger charge is -2.38. The lowest BCUT2D eigenvalue weighted by atomic mass is 9.83. The Balaban J connectivity index is 0.00000300. The molecule has 0 spiro atoms. The van der Waals surface area contributed by atoms with Crippen LogP contribution in [-0.2, 0) is 4.79 Å². The Bertz CT molecular complexity index is 523. The molecule has 1 N–H and O–H groups in total. The van der Waals surface area contributed by atoms with Crippen molar-refractivity contribution in [1.29, 1.82) is 0 Å². The molecule has 0 atom stereocenters. The van der Waals surface area contributed by atoms with E-state index in [9.17, 15) is 4.79 Å². The first-order valence-electron chi connectivity index (χ1n) is 11.5. The highest BCUT2D eigenvalue weighted by molar-refractivity contribution is 14.0. The molecule has 1 aliphatic heterocycles. The van der Waals surface area contributed by atoms with Gasteiger partial charge in [-0.1, -0.05) is 26.2 Å². The summed E-state index contributed by atoms with van der Waals surface area (Å²) in [6, 6.07) is 0. The van der Waals surface area contributed by atoms with Crippen molar-refractivity contribution in [2.24, 2.45) is 22.7 Å². The van der Waals surface area contributed by atoms with Crippen LogP contribution in [0.4, 0.5) is 0 Å². The zero-order chi connectivity index (χ0) is 19.9. The quantitative estimate of drug-likeness (QED) is 0.333. The third-order valence-corrected chi connectivity index (χ3v) is 7.09. The van der Waals surface area contributed by atoms with Crippen LogP contribution in [0.3, 0.4) is 0 Å². The van der Waals surface area contributed by atoms with E-state index in [-0.39, 0.29) is 24.0 Å². The van der Waals surface area contributed by atoms with Crippen molar-refractivity contribution in [3.8, 4) is 0 Å². The zero-order valence-corrected chi connectivity index (χ0v) is 21.1. The molecule has 3 rings (SSSR count). The van der Waals surface area contributed by atoms with E-state index in [1.54, 1.807) is 0 Å². The molecule has 0 aromatic carbocycles. The minimum atomic E-state index is 0. The number of hydrogen-bond acceptors (Lipinski definition) is 3. The Labute approximate surface area is 194 Å². The van der Waals surface area contributed by atoms with E-state index in [1.807, 2.05) is 7.05 Å². The van der Waals surface area contributed by atoms with Crippen molar-refractivity contribution in [1.82, 2.24) is 20.0 Å². The molecule has 1 saturated heterocycles. The number of nitrogens with zero attached hydrogens (tertiary/aromatic N) is 4. The molecule has 3 fully saturated rings. The van der Waals surface area contributed by atoms with Crippen LogP contribution in [0.2, 0.25) is 0 Å². The molecule has 1 amide bonds. The lowest BCUT2D eigenvalue weighted by Crippen LogP contribution is -2.52. The Kier molecular flexibility index (Phi) is 10.5. The van der Waals surface area contributed by atoms with Crippen LogP contribution in [0.15, 0.2) is 4.99 Å². The van der Waals surface area contributed by atoms with Crippen molar-refractivity contribution >= 4 is 35.8 Å². The third kappa shape index (κ3) is 7.26. The molecule has 2 aliphatic carbocycles. The highest BCUT2D eigenvalue weighted by atomic mass is 127. The fourth-order valence-corrected chi connectivity index (χ4v) is 4.80. The van der Waals surface area contributed by atoms with Gasteiger partial charge in [0.15, 0.2) is 5.96 Å². The Hall–Kier alpha value is -0.570. The van der Waals surface area contributed by atoms with E-state index < -0.39 is 0 Å². The molecular formula is C22H42IN5O. The van der Waals surface area contributed by atoms with Crippen LogP contribution in [0.1, 0.15) is 51.9 Å². The number of rotatable bonds is 6. The van der Waals surface area contributed by atoms with Crippen molar-refractivity contribution in [2.45, 2.75) is 51.9 Å². The smallest absolute Gasteiger partial charge is 0.225 e. The summed E-state index contributed by atoms with van der Waals surface area (Å²) < 4.78 is 0. The second-order valence-electron chi connectivity index (χ2n) is 9.28. The molecule has 0 unspecified atom stereocenters. The predicted octanol–water partition coefficient (Wildman–Crippen LogP) is 2.88. The Morgan fingerprint density at radius 1 is 1.07 bits per heavy atom. The maximum atomic E-state index is 12.4. The van der Waals surface area contributed by atoms with E-state index in [2.05, 4.69) is 39.0 Å².